The molecule has 2 aromatic carbocycles. The van der Waals surface area contributed by atoms with E-state index >= 15 is 0 Å². The van der Waals surface area contributed by atoms with Gasteiger partial charge >= 0.3 is 11.8 Å². The molecule has 0 saturated carbocycles. The lowest BCUT2D eigenvalue weighted by Gasteiger charge is -2.15. The van der Waals surface area contributed by atoms with E-state index in [2.05, 4.69) is 17.6 Å². The van der Waals surface area contributed by atoms with Gasteiger partial charge in [-0.2, -0.15) is 5.26 Å². The van der Waals surface area contributed by atoms with Gasteiger partial charge in [-0.05, 0) is 36.6 Å². The van der Waals surface area contributed by atoms with Crippen molar-refractivity contribution in [3.63, 3.8) is 0 Å². The van der Waals surface area contributed by atoms with E-state index in [9.17, 15) is 9.59 Å². The molecule has 5 heteroatoms. The molecule has 2 aromatic rings. The van der Waals surface area contributed by atoms with Gasteiger partial charge in [0.2, 0.25) is 0 Å². The third-order valence-electron chi connectivity index (χ3n) is 3.74. The first-order valence-electron chi connectivity index (χ1n) is 7.75. The number of anilines is 1. The molecule has 0 aliphatic rings. The van der Waals surface area contributed by atoms with E-state index < -0.39 is 11.8 Å². The van der Waals surface area contributed by atoms with Gasteiger partial charge in [-0.1, -0.05) is 43.3 Å². The van der Waals surface area contributed by atoms with Crippen molar-refractivity contribution in [2.24, 2.45) is 0 Å². The molecule has 122 valence electrons. The number of aryl methyl sites for hydroxylation is 1. The van der Waals surface area contributed by atoms with E-state index in [4.69, 9.17) is 5.26 Å². The maximum Gasteiger partial charge on any atom is 0.313 e. The van der Waals surface area contributed by atoms with Crippen LogP contribution in [0.15, 0.2) is 48.5 Å². The van der Waals surface area contributed by atoms with E-state index in [1.807, 2.05) is 37.3 Å². The van der Waals surface area contributed by atoms with E-state index in [0.717, 1.165) is 12.0 Å². The molecule has 0 saturated heterocycles. The van der Waals surface area contributed by atoms with Gasteiger partial charge in [0.25, 0.3) is 0 Å². The number of nitrogens with one attached hydrogen (secondary N) is 2. The summed E-state index contributed by atoms with van der Waals surface area (Å²) in [6, 6.07) is 16.1. The quantitative estimate of drug-likeness (QED) is 0.849. The minimum atomic E-state index is -0.797. The molecule has 0 heterocycles. The summed E-state index contributed by atoms with van der Waals surface area (Å²) < 4.78 is 0. The minimum Gasteiger partial charge on any atom is -0.341 e. The number of rotatable bonds is 4. The maximum absolute atomic E-state index is 12.0. The van der Waals surface area contributed by atoms with Gasteiger partial charge in [0, 0.05) is 0 Å². The molecule has 5 nitrogen and oxygen atoms in total. The van der Waals surface area contributed by atoms with Gasteiger partial charge in [0.1, 0.15) is 6.07 Å². The van der Waals surface area contributed by atoms with Gasteiger partial charge in [-0.25, -0.2) is 0 Å². The fourth-order valence-corrected chi connectivity index (χ4v) is 2.26. The van der Waals surface area contributed by atoms with Crippen molar-refractivity contribution < 1.29 is 9.59 Å². The Morgan fingerprint density at radius 3 is 2.38 bits per heavy atom. The molecule has 0 spiro atoms. The van der Waals surface area contributed by atoms with Crippen LogP contribution in [0.25, 0.3) is 0 Å². The maximum atomic E-state index is 12.0. The lowest BCUT2D eigenvalue weighted by atomic mass is 10.0. The number of amides is 2. The van der Waals surface area contributed by atoms with Gasteiger partial charge in [0.05, 0.1) is 17.3 Å². The van der Waals surface area contributed by atoms with Crippen LogP contribution in [0, 0.1) is 11.3 Å². The normalized spacial score (nSPS) is 11.2. The first-order valence-corrected chi connectivity index (χ1v) is 7.75. The molecular formula is C19H19N3O2. The Balaban J connectivity index is 2.00. The number of hydrogen-bond donors (Lipinski definition) is 2. The van der Waals surface area contributed by atoms with Crippen molar-refractivity contribution in [3.05, 3.63) is 65.2 Å². The van der Waals surface area contributed by atoms with Gasteiger partial charge in [-0.3, -0.25) is 9.59 Å². The van der Waals surface area contributed by atoms with E-state index in [-0.39, 0.29) is 6.04 Å². The molecule has 24 heavy (non-hydrogen) atoms. The smallest absolute Gasteiger partial charge is 0.313 e. The summed E-state index contributed by atoms with van der Waals surface area (Å²) in [5.41, 5.74) is 2.76. The number of hydrogen-bond acceptors (Lipinski definition) is 3. The molecule has 1 atom stereocenters. The van der Waals surface area contributed by atoms with Crippen LogP contribution < -0.4 is 10.6 Å². The predicted molar refractivity (Wildman–Crippen MR) is 92.2 cm³/mol. The van der Waals surface area contributed by atoms with Crippen LogP contribution in [-0.2, 0) is 16.0 Å². The number of carbonyl (C=O) groups excluding carboxylic acids is 2. The highest BCUT2D eigenvalue weighted by Crippen LogP contribution is 2.15. The largest absolute Gasteiger partial charge is 0.341 e. The predicted octanol–water partition coefficient (Wildman–Crippen LogP) is 2.94. The monoisotopic (exact) mass is 321 g/mol. The number of benzene rings is 2. The van der Waals surface area contributed by atoms with Crippen LogP contribution in [0.2, 0.25) is 0 Å². The lowest BCUT2D eigenvalue weighted by molar-refractivity contribution is -0.136. The Morgan fingerprint density at radius 2 is 1.75 bits per heavy atom. The zero-order valence-electron chi connectivity index (χ0n) is 13.7. The van der Waals surface area contributed by atoms with Crippen molar-refractivity contribution in [2.45, 2.75) is 26.3 Å². The molecule has 0 bridgehead atoms. The Labute approximate surface area is 141 Å². The first-order chi connectivity index (χ1) is 11.5. The molecule has 1 unspecified atom stereocenters. The highest BCUT2D eigenvalue weighted by molar-refractivity contribution is 6.39. The SMILES string of the molecule is CCc1ccc(C(C)NC(=O)C(=O)Nc2ccccc2C#N)cc1. The molecule has 0 aromatic heterocycles. The Bertz CT molecular complexity index is 776. The van der Waals surface area contributed by atoms with Crippen LogP contribution in [-0.4, -0.2) is 11.8 Å². The average molecular weight is 321 g/mol. The van der Waals surface area contributed by atoms with Crippen LogP contribution >= 0.6 is 0 Å². The number of nitriles is 1. The minimum absolute atomic E-state index is 0.291. The fraction of sp³-hybridized carbons (Fsp3) is 0.211. The molecule has 0 aliphatic heterocycles. The summed E-state index contributed by atoms with van der Waals surface area (Å²) in [6.07, 6.45) is 0.946. The zero-order chi connectivity index (χ0) is 17.5. The molecule has 2 amide bonds. The second kappa shape index (κ2) is 7.93. The Kier molecular flexibility index (Phi) is 5.69. The van der Waals surface area contributed by atoms with Crippen molar-refractivity contribution >= 4 is 17.5 Å². The van der Waals surface area contributed by atoms with Gasteiger partial charge in [0.15, 0.2) is 0 Å². The second-order valence-electron chi connectivity index (χ2n) is 5.40. The van der Waals surface area contributed by atoms with Gasteiger partial charge < -0.3 is 10.6 Å². The van der Waals surface area contributed by atoms with Crippen LogP contribution in [0.1, 0.15) is 36.6 Å². The van der Waals surface area contributed by atoms with Crippen LogP contribution in [0.5, 0.6) is 0 Å². The van der Waals surface area contributed by atoms with Crippen LogP contribution in [0.3, 0.4) is 0 Å². The van der Waals surface area contributed by atoms with Crippen molar-refractivity contribution in [2.75, 3.05) is 5.32 Å². The van der Waals surface area contributed by atoms with E-state index in [0.29, 0.717) is 11.3 Å². The fourth-order valence-electron chi connectivity index (χ4n) is 2.26. The summed E-state index contributed by atoms with van der Waals surface area (Å²) in [4.78, 5) is 24.1. The summed E-state index contributed by atoms with van der Waals surface area (Å²) in [6.45, 7) is 3.89. The Morgan fingerprint density at radius 1 is 1.08 bits per heavy atom. The molecule has 0 fully saturated rings. The molecule has 2 rings (SSSR count). The summed E-state index contributed by atoms with van der Waals surface area (Å²) >= 11 is 0. The second-order valence-corrected chi connectivity index (χ2v) is 5.40. The first kappa shape index (κ1) is 17.2. The van der Waals surface area contributed by atoms with E-state index in [1.165, 1.54) is 5.56 Å². The summed E-state index contributed by atoms with van der Waals surface area (Å²) in [7, 11) is 0. The van der Waals surface area contributed by atoms with Crippen molar-refractivity contribution in [1.82, 2.24) is 5.32 Å². The molecule has 0 aliphatic carbocycles. The number of nitrogens with zero attached hydrogens (tertiary/aromatic N) is 1. The van der Waals surface area contributed by atoms with Crippen molar-refractivity contribution in [3.8, 4) is 6.07 Å². The van der Waals surface area contributed by atoms with Gasteiger partial charge in [-0.15, -0.1) is 0 Å². The number of para-hydroxylation sites is 1. The highest BCUT2D eigenvalue weighted by atomic mass is 16.2. The number of carbonyl (C=O) groups is 2. The Hall–Kier alpha value is -3.13. The molecule has 2 N–H and O–H groups in total. The van der Waals surface area contributed by atoms with E-state index in [1.54, 1.807) is 24.3 Å². The topological polar surface area (TPSA) is 82.0 Å². The molecular weight excluding hydrogens is 302 g/mol. The lowest BCUT2D eigenvalue weighted by Crippen LogP contribution is -2.37. The third kappa shape index (κ3) is 4.20. The average Bonchev–Trinajstić information content (AvgIpc) is 2.62. The standard InChI is InChI=1S/C19H19N3O2/c1-3-14-8-10-15(11-9-14)13(2)21-18(23)19(24)22-17-7-5-4-6-16(17)12-20/h4-11,13H,3H2,1-2H3,(H,21,23)(H,22,24). The van der Waals surface area contributed by atoms with Crippen LogP contribution in [0.4, 0.5) is 5.69 Å². The summed E-state index contributed by atoms with van der Waals surface area (Å²) in [5, 5.41) is 14.1. The summed E-state index contributed by atoms with van der Waals surface area (Å²) in [5.74, 6) is -1.54. The van der Waals surface area contributed by atoms with Crippen molar-refractivity contribution in [1.29, 1.82) is 5.26 Å². The molecule has 0 radical (unpaired) electrons. The highest BCUT2D eigenvalue weighted by Gasteiger charge is 2.18. The zero-order valence-corrected chi connectivity index (χ0v) is 13.7. The third-order valence-corrected chi connectivity index (χ3v) is 3.74.